The van der Waals surface area contributed by atoms with Gasteiger partial charge in [-0.3, -0.25) is 4.79 Å². The fourth-order valence-electron chi connectivity index (χ4n) is 6.07. The van der Waals surface area contributed by atoms with Gasteiger partial charge in [0, 0.05) is 22.4 Å². The second-order valence-electron chi connectivity index (χ2n) is 9.78. The van der Waals surface area contributed by atoms with Gasteiger partial charge >= 0.3 is 0 Å². The zero-order valence-corrected chi connectivity index (χ0v) is 19.0. The van der Waals surface area contributed by atoms with Crippen LogP contribution in [0.2, 0.25) is 0 Å². The lowest BCUT2D eigenvalue weighted by molar-refractivity contribution is 0.0468. The summed E-state index contributed by atoms with van der Waals surface area (Å²) in [6, 6.07) is 24.2. The van der Waals surface area contributed by atoms with Crippen molar-refractivity contribution in [1.29, 1.82) is 0 Å². The number of nitrogen functional groups attached to an aromatic ring is 1. The Bertz CT molecular complexity index is 1130. The van der Waals surface area contributed by atoms with E-state index < -0.39 is 0 Å². The van der Waals surface area contributed by atoms with Crippen molar-refractivity contribution in [2.45, 2.75) is 56.5 Å². The molecule has 4 N–H and O–H groups in total. The van der Waals surface area contributed by atoms with Crippen molar-refractivity contribution in [1.82, 2.24) is 0 Å². The number of benzene rings is 3. The molecule has 3 atom stereocenters. The van der Waals surface area contributed by atoms with Gasteiger partial charge in [0.25, 0.3) is 5.91 Å². The minimum Gasteiger partial charge on any atom is -0.399 e. The zero-order chi connectivity index (χ0) is 22.8. The summed E-state index contributed by atoms with van der Waals surface area (Å²) in [7, 11) is 0. The minimum atomic E-state index is -0.203. The number of amides is 1. The van der Waals surface area contributed by atoms with Crippen LogP contribution in [-0.2, 0) is 18.3 Å². The number of anilines is 2. The standard InChI is InChI=1S/C29H32N2O2/c30-24-10-12-25(13-11-24)31-28(33)22-9-14-27-21(17-22)7-4-8-23-18-26(32)15-16-29(23,27)19-20-5-2-1-3-6-20/h1-3,5-6,9-14,17,23,26,32H,4,7-8,15-16,18-19,30H2,(H,31,33). The first-order valence-electron chi connectivity index (χ1n) is 12.1. The van der Waals surface area contributed by atoms with Crippen molar-refractivity contribution in [3.63, 3.8) is 0 Å². The van der Waals surface area contributed by atoms with Gasteiger partial charge in [0.05, 0.1) is 6.10 Å². The molecule has 4 heteroatoms. The Labute approximate surface area is 195 Å². The van der Waals surface area contributed by atoms with Gasteiger partial charge in [-0.2, -0.15) is 0 Å². The Hall–Kier alpha value is -3.11. The molecule has 1 saturated carbocycles. The van der Waals surface area contributed by atoms with E-state index in [9.17, 15) is 9.90 Å². The summed E-state index contributed by atoms with van der Waals surface area (Å²) in [6.07, 6.45) is 6.64. The Morgan fingerprint density at radius 3 is 2.61 bits per heavy atom. The van der Waals surface area contributed by atoms with E-state index in [1.807, 2.05) is 18.2 Å². The van der Waals surface area contributed by atoms with E-state index >= 15 is 0 Å². The van der Waals surface area contributed by atoms with Crippen LogP contribution in [0.5, 0.6) is 0 Å². The predicted molar refractivity (Wildman–Crippen MR) is 133 cm³/mol. The number of nitrogens with one attached hydrogen (secondary N) is 1. The molecule has 0 saturated heterocycles. The number of aliphatic hydroxyl groups excluding tert-OH is 1. The molecule has 0 aromatic heterocycles. The maximum atomic E-state index is 13.0. The Morgan fingerprint density at radius 1 is 1.03 bits per heavy atom. The summed E-state index contributed by atoms with van der Waals surface area (Å²) < 4.78 is 0. The molecule has 5 rings (SSSR count). The minimum absolute atomic E-state index is 0.0123. The van der Waals surface area contributed by atoms with Crippen LogP contribution in [0.25, 0.3) is 0 Å². The second-order valence-corrected chi connectivity index (χ2v) is 9.78. The molecule has 4 nitrogen and oxygen atoms in total. The van der Waals surface area contributed by atoms with E-state index in [2.05, 4.69) is 47.8 Å². The van der Waals surface area contributed by atoms with Crippen LogP contribution in [0.3, 0.4) is 0 Å². The Kier molecular flexibility index (Phi) is 5.94. The van der Waals surface area contributed by atoms with E-state index in [4.69, 9.17) is 5.73 Å². The summed E-state index contributed by atoms with van der Waals surface area (Å²) in [4.78, 5) is 13.0. The molecule has 2 aliphatic carbocycles. The van der Waals surface area contributed by atoms with Crippen molar-refractivity contribution in [3.05, 3.63) is 95.1 Å². The molecule has 33 heavy (non-hydrogen) atoms. The van der Waals surface area contributed by atoms with Crippen LogP contribution in [0.15, 0.2) is 72.8 Å². The van der Waals surface area contributed by atoms with E-state index in [1.54, 1.807) is 12.1 Å². The molecule has 2 aliphatic rings. The highest BCUT2D eigenvalue weighted by Crippen LogP contribution is 2.51. The predicted octanol–water partition coefficient (Wildman–Crippen LogP) is 5.50. The lowest BCUT2D eigenvalue weighted by Gasteiger charge is -2.46. The van der Waals surface area contributed by atoms with Gasteiger partial charge in [0.1, 0.15) is 0 Å². The van der Waals surface area contributed by atoms with Crippen molar-refractivity contribution in [2.24, 2.45) is 5.92 Å². The molecule has 1 fully saturated rings. The average Bonchev–Trinajstić information content (AvgIpc) is 2.97. The average molecular weight is 441 g/mol. The summed E-state index contributed by atoms with van der Waals surface area (Å²) in [5.74, 6) is 0.358. The fourth-order valence-corrected chi connectivity index (χ4v) is 6.07. The molecule has 170 valence electrons. The van der Waals surface area contributed by atoms with Crippen LogP contribution in [0.4, 0.5) is 11.4 Å². The Morgan fingerprint density at radius 2 is 1.82 bits per heavy atom. The quantitative estimate of drug-likeness (QED) is 0.469. The van der Waals surface area contributed by atoms with Crippen LogP contribution in [0.1, 0.15) is 59.2 Å². The molecule has 0 radical (unpaired) electrons. The first-order valence-corrected chi connectivity index (χ1v) is 12.1. The van der Waals surface area contributed by atoms with Gasteiger partial charge in [-0.1, -0.05) is 36.4 Å². The fraction of sp³-hybridized carbons (Fsp3) is 0.345. The highest BCUT2D eigenvalue weighted by atomic mass is 16.3. The molecule has 0 bridgehead atoms. The third-order valence-corrected chi connectivity index (χ3v) is 7.70. The molecular weight excluding hydrogens is 408 g/mol. The van der Waals surface area contributed by atoms with Gasteiger partial charge in [-0.15, -0.1) is 0 Å². The van der Waals surface area contributed by atoms with Crippen molar-refractivity contribution < 1.29 is 9.90 Å². The number of hydrogen-bond acceptors (Lipinski definition) is 3. The second kappa shape index (κ2) is 9.03. The topological polar surface area (TPSA) is 75.3 Å². The largest absolute Gasteiger partial charge is 0.399 e. The lowest BCUT2D eigenvalue weighted by atomic mass is 9.58. The number of rotatable bonds is 4. The molecular formula is C29H32N2O2. The molecule has 1 amide bonds. The molecule has 0 heterocycles. The van der Waals surface area contributed by atoms with Gasteiger partial charge in [0.15, 0.2) is 0 Å². The van der Waals surface area contributed by atoms with Crippen LogP contribution >= 0.6 is 0 Å². The highest BCUT2D eigenvalue weighted by Gasteiger charge is 2.46. The summed E-state index contributed by atoms with van der Waals surface area (Å²) in [5, 5.41) is 13.5. The smallest absolute Gasteiger partial charge is 0.255 e. The summed E-state index contributed by atoms with van der Waals surface area (Å²) in [6.45, 7) is 0. The van der Waals surface area contributed by atoms with Gasteiger partial charge < -0.3 is 16.2 Å². The van der Waals surface area contributed by atoms with Gasteiger partial charge in [-0.25, -0.2) is 0 Å². The summed E-state index contributed by atoms with van der Waals surface area (Å²) in [5.41, 5.74) is 11.9. The summed E-state index contributed by atoms with van der Waals surface area (Å²) >= 11 is 0. The lowest BCUT2D eigenvalue weighted by Crippen LogP contribution is -2.43. The van der Waals surface area contributed by atoms with Crippen molar-refractivity contribution in [3.8, 4) is 0 Å². The zero-order valence-electron chi connectivity index (χ0n) is 19.0. The number of hydrogen-bond donors (Lipinski definition) is 3. The number of aliphatic hydroxyl groups is 1. The van der Waals surface area contributed by atoms with Crippen molar-refractivity contribution in [2.75, 3.05) is 11.1 Å². The van der Waals surface area contributed by atoms with Crippen LogP contribution in [-0.4, -0.2) is 17.1 Å². The van der Waals surface area contributed by atoms with E-state index in [1.165, 1.54) is 16.7 Å². The normalized spacial score (nSPS) is 24.3. The molecule has 3 aromatic carbocycles. The molecule has 0 aliphatic heterocycles. The first-order chi connectivity index (χ1) is 16.0. The number of carbonyl (C=O) groups is 1. The Balaban J connectivity index is 1.50. The SMILES string of the molecule is Nc1ccc(NC(=O)c2ccc3c(c2)CCCC2CC(O)CCC32Cc2ccccc2)cc1. The van der Waals surface area contributed by atoms with Crippen LogP contribution < -0.4 is 11.1 Å². The number of aryl methyl sites for hydroxylation is 1. The van der Waals surface area contributed by atoms with E-state index in [0.29, 0.717) is 17.2 Å². The number of carbonyl (C=O) groups excluding carboxylic acids is 1. The number of fused-ring (bicyclic) bond motifs is 3. The maximum Gasteiger partial charge on any atom is 0.255 e. The third-order valence-electron chi connectivity index (χ3n) is 7.70. The molecule has 3 aromatic rings. The van der Waals surface area contributed by atoms with Crippen molar-refractivity contribution >= 4 is 17.3 Å². The van der Waals surface area contributed by atoms with Gasteiger partial charge in [-0.05, 0) is 104 Å². The maximum absolute atomic E-state index is 13.0. The van der Waals surface area contributed by atoms with E-state index in [-0.39, 0.29) is 17.4 Å². The highest BCUT2D eigenvalue weighted by molar-refractivity contribution is 6.04. The van der Waals surface area contributed by atoms with Gasteiger partial charge in [0.2, 0.25) is 0 Å². The monoisotopic (exact) mass is 440 g/mol. The third kappa shape index (κ3) is 4.40. The first kappa shape index (κ1) is 21.7. The number of nitrogens with two attached hydrogens (primary N) is 1. The molecule has 3 unspecified atom stereocenters. The van der Waals surface area contributed by atoms with Crippen LogP contribution in [0, 0.1) is 5.92 Å². The van der Waals surface area contributed by atoms with E-state index in [0.717, 1.165) is 50.6 Å². The molecule has 0 spiro atoms.